The molecule has 2 atom stereocenters. The fourth-order valence-electron chi connectivity index (χ4n) is 4.23. The van der Waals surface area contributed by atoms with Gasteiger partial charge in [0.15, 0.2) is 11.5 Å². The molecule has 2 fully saturated rings. The van der Waals surface area contributed by atoms with E-state index in [2.05, 4.69) is 0 Å². The molecular formula is C17H21NO6S. The van der Waals surface area contributed by atoms with Gasteiger partial charge in [0.05, 0.1) is 23.5 Å². The highest BCUT2D eigenvalue weighted by molar-refractivity contribution is 7.89. The molecule has 3 aliphatic rings. The van der Waals surface area contributed by atoms with Crippen molar-refractivity contribution < 1.29 is 27.8 Å². The molecule has 0 aromatic heterocycles. The molecule has 1 aromatic carbocycles. The van der Waals surface area contributed by atoms with Gasteiger partial charge in [-0.25, -0.2) is 8.42 Å². The molecule has 0 spiro atoms. The Morgan fingerprint density at radius 1 is 1.20 bits per heavy atom. The molecule has 7 nitrogen and oxygen atoms in total. The van der Waals surface area contributed by atoms with Crippen molar-refractivity contribution in [2.75, 3.05) is 26.3 Å². The van der Waals surface area contributed by atoms with E-state index in [0.29, 0.717) is 31.1 Å². The number of hydrogen-bond acceptors (Lipinski definition) is 5. The van der Waals surface area contributed by atoms with Crippen molar-refractivity contribution in [3.8, 4) is 11.5 Å². The van der Waals surface area contributed by atoms with Gasteiger partial charge in [0.25, 0.3) is 0 Å². The summed E-state index contributed by atoms with van der Waals surface area (Å²) in [7, 11) is -3.76. The summed E-state index contributed by atoms with van der Waals surface area (Å²) >= 11 is 0. The number of carboxylic acids is 1. The molecule has 1 saturated carbocycles. The van der Waals surface area contributed by atoms with Crippen LogP contribution >= 0.6 is 0 Å². The van der Waals surface area contributed by atoms with Crippen molar-refractivity contribution in [3.05, 3.63) is 18.2 Å². The minimum absolute atomic E-state index is 0.0454. The smallest absolute Gasteiger partial charge is 0.311 e. The summed E-state index contributed by atoms with van der Waals surface area (Å²) in [5.41, 5.74) is -0.932. The van der Waals surface area contributed by atoms with Crippen molar-refractivity contribution in [1.82, 2.24) is 4.31 Å². The first kappa shape index (κ1) is 16.7. The summed E-state index contributed by atoms with van der Waals surface area (Å²) in [6.07, 6.45) is 2.89. The molecule has 1 saturated heterocycles. The Hall–Kier alpha value is -1.80. The number of fused-ring (bicyclic) bond motifs is 2. The fraction of sp³-hybridized carbons (Fsp3) is 0.588. The van der Waals surface area contributed by atoms with Gasteiger partial charge in [-0.3, -0.25) is 4.79 Å². The molecule has 25 heavy (non-hydrogen) atoms. The Bertz CT molecular complexity index is 807. The zero-order valence-electron chi connectivity index (χ0n) is 13.8. The van der Waals surface area contributed by atoms with E-state index in [1.54, 1.807) is 6.07 Å². The highest BCUT2D eigenvalue weighted by atomic mass is 32.2. The van der Waals surface area contributed by atoms with Gasteiger partial charge in [0.2, 0.25) is 10.0 Å². The van der Waals surface area contributed by atoms with Gasteiger partial charge >= 0.3 is 5.97 Å². The molecule has 1 N–H and O–H groups in total. The van der Waals surface area contributed by atoms with Crippen LogP contribution in [0.2, 0.25) is 0 Å². The molecule has 0 bridgehead atoms. The number of carboxylic acid groups (broad SMARTS) is 1. The SMILES string of the molecule is O=C(O)[C@@]12CCC[C@H]1CN(S(=O)(=O)c1ccc3c(c1)OCCCO3)C2. The molecular weight excluding hydrogens is 346 g/mol. The maximum Gasteiger partial charge on any atom is 0.311 e. The van der Waals surface area contributed by atoms with Crippen molar-refractivity contribution in [3.63, 3.8) is 0 Å². The van der Waals surface area contributed by atoms with E-state index in [0.717, 1.165) is 19.3 Å². The van der Waals surface area contributed by atoms with E-state index >= 15 is 0 Å². The van der Waals surface area contributed by atoms with Crippen LogP contribution in [-0.4, -0.2) is 50.1 Å². The molecule has 136 valence electrons. The van der Waals surface area contributed by atoms with E-state index in [1.165, 1.54) is 16.4 Å². The number of benzene rings is 1. The third-order valence-electron chi connectivity index (χ3n) is 5.62. The number of ether oxygens (including phenoxy) is 2. The molecule has 2 heterocycles. The highest BCUT2D eigenvalue weighted by Gasteiger charge is 2.57. The Morgan fingerprint density at radius 2 is 1.96 bits per heavy atom. The maximum atomic E-state index is 13.0. The molecule has 2 aliphatic heterocycles. The van der Waals surface area contributed by atoms with Crippen LogP contribution in [0.5, 0.6) is 11.5 Å². The normalized spacial score (nSPS) is 29.2. The number of aliphatic carboxylic acids is 1. The van der Waals surface area contributed by atoms with Gasteiger partial charge in [0.1, 0.15) is 0 Å². The van der Waals surface area contributed by atoms with Gasteiger partial charge < -0.3 is 14.6 Å². The molecule has 0 radical (unpaired) electrons. The van der Waals surface area contributed by atoms with Crippen molar-refractivity contribution in [2.45, 2.75) is 30.6 Å². The number of nitrogens with zero attached hydrogens (tertiary/aromatic N) is 1. The van der Waals surface area contributed by atoms with Gasteiger partial charge in [0, 0.05) is 25.6 Å². The summed E-state index contributed by atoms with van der Waals surface area (Å²) in [6.45, 7) is 1.32. The average molecular weight is 367 g/mol. The Labute approximate surface area is 146 Å². The van der Waals surface area contributed by atoms with Gasteiger partial charge in [-0.05, 0) is 30.9 Å². The highest BCUT2D eigenvalue weighted by Crippen LogP contribution is 2.50. The minimum Gasteiger partial charge on any atom is -0.490 e. The topological polar surface area (TPSA) is 93.1 Å². The third kappa shape index (κ3) is 2.58. The van der Waals surface area contributed by atoms with Gasteiger partial charge in [-0.2, -0.15) is 4.31 Å². The first-order chi connectivity index (χ1) is 11.9. The summed E-state index contributed by atoms with van der Waals surface area (Å²) in [4.78, 5) is 11.9. The van der Waals surface area contributed by atoms with Crippen LogP contribution in [0, 0.1) is 11.3 Å². The lowest BCUT2D eigenvalue weighted by molar-refractivity contribution is -0.149. The quantitative estimate of drug-likeness (QED) is 0.874. The standard InChI is InChI=1S/C17H21NO6S/c19-16(20)17-6-1-3-12(17)10-18(11-17)25(21,22)13-4-5-14-15(9-13)24-8-2-7-23-14/h4-5,9,12H,1-3,6-8,10-11H2,(H,19,20)/t12-,17+/m0/s1. The monoisotopic (exact) mass is 367 g/mol. The molecule has 4 rings (SSSR count). The van der Waals surface area contributed by atoms with E-state index in [9.17, 15) is 18.3 Å². The lowest BCUT2D eigenvalue weighted by Gasteiger charge is -2.23. The Balaban J connectivity index is 1.65. The summed E-state index contributed by atoms with van der Waals surface area (Å²) in [6, 6.07) is 4.60. The first-order valence-electron chi connectivity index (χ1n) is 8.57. The van der Waals surface area contributed by atoms with Crippen molar-refractivity contribution in [1.29, 1.82) is 0 Å². The number of hydrogen-bond donors (Lipinski definition) is 1. The zero-order chi connectivity index (χ0) is 17.7. The van der Waals surface area contributed by atoms with E-state index < -0.39 is 21.4 Å². The van der Waals surface area contributed by atoms with Gasteiger partial charge in [-0.1, -0.05) is 6.42 Å². The van der Waals surface area contributed by atoms with E-state index in [4.69, 9.17) is 9.47 Å². The summed E-state index contributed by atoms with van der Waals surface area (Å²) in [5.74, 6) is -0.0331. The fourth-order valence-corrected chi connectivity index (χ4v) is 5.80. The third-order valence-corrected chi connectivity index (χ3v) is 7.43. The largest absolute Gasteiger partial charge is 0.490 e. The van der Waals surface area contributed by atoms with Crippen LogP contribution in [0.4, 0.5) is 0 Å². The first-order valence-corrected chi connectivity index (χ1v) is 10.0. The van der Waals surface area contributed by atoms with Crippen LogP contribution in [-0.2, 0) is 14.8 Å². The van der Waals surface area contributed by atoms with Crippen LogP contribution in [0.3, 0.4) is 0 Å². The van der Waals surface area contributed by atoms with E-state index in [-0.39, 0.29) is 23.9 Å². The Kier molecular flexibility index (Phi) is 3.92. The summed E-state index contributed by atoms with van der Waals surface area (Å²) < 4.78 is 38.5. The molecule has 1 aromatic rings. The molecule has 8 heteroatoms. The van der Waals surface area contributed by atoms with Crippen molar-refractivity contribution >= 4 is 16.0 Å². The predicted molar refractivity (Wildman–Crippen MR) is 88.2 cm³/mol. The zero-order valence-corrected chi connectivity index (χ0v) is 14.6. The molecule has 0 unspecified atom stereocenters. The second-order valence-corrected chi connectivity index (χ2v) is 8.94. The Morgan fingerprint density at radius 3 is 2.68 bits per heavy atom. The second kappa shape index (κ2) is 5.88. The predicted octanol–water partition coefficient (Wildman–Crippen LogP) is 1.72. The van der Waals surface area contributed by atoms with Crippen molar-refractivity contribution in [2.24, 2.45) is 11.3 Å². The van der Waals surface area contributed by atoms with Crippen LogP contribution in [0.1, 0.15) is 25.7 Å². The lowest BCUT2D eigenvalue weighted by atomic mass is 9.81. The average Bonchev–Trinajstić information content (AvgIpc) is 3.05. The van der Waals surface area contributed by atoms with Gasteiger partial charge in [-0.15, -0.1) is 0 Å². The van der Waals surface area contributed by atoms with Crippen LogP contribution < -0.4 is 9.47 Å². The van der Waals surface area contributed by atoms with E-state index in [1.807, 2.05) is 0 Å². The minimum atomic E-state index is -3.76. The molecule has 0 amide bonds. The number of rotatable bonds is 3. The van der Waals surface area contributed by atoms with Crippen LogP contribution in [0.25, 0.3) is 0 Å². The number of sulfonamides is 1. The maximum absolute atomic E-state index is 13.0. The second-order valence-electron chi connectivity index (χ2n) is 7.01. The lowest BCUT2D eigenvalue weighted by Crippen LogP contribution is -2.37. The summed E-state index contributed by atoms with van der Waals surface area (Å²) in [5, 5.41) is 9.66. The van der Waals surface area contributed by atoms with Crippen LogP contribution in [0.15, 0.2) is 23.1 Å². The molecule has 1 aliphatic carbocycles. The number of carbonyl (C=O) groups is 1.